The number of rotatable bonds is 4. The lowest BCUT2D eigenvalue weighted by atomic mass is 10.1. The fraction of sp³-hybridized carbons (Fsp3) is 0.375. The summed E-state index contributed by atoms with van der Waals surface area (Å²) >= 11 is 0. The monoisotopic (exact) mass is 284 g/mol. The van der Waals surface area contributed by atoms with Crippen LogP contribution in [0.15, 0.2) is 42.7 Å². The van der Waals surface area contributed by atoms with Crippen molar-refractivity contribution in [2.24, 2.45) is 0 Å². The highest BCUT2D eigenvalue weighted by molar-refractivity contribution is 5.76. The number of nitrogens with one attached hydrogen (secondary N) is 2. The van der Waals surface area contributed by atoms with Crippen molar-refractivity contribution in [1.29, 1.82) is 0 Å². The van der Waals surface area contributed by atoms with E-state index in [0.717, 1.165) is 31.6 Å². The number of carbonyl (C=O) groups is 1. The minimum Gasteiger partial charge on any atom is -0.356 e. The van der Waals surface area contributed by atoms with Crippen LogP contribution in [-0.2, 0) is 11.3 Å². The van der Waals surface area contributed by atoms with E-state index in [1.54, 1.807) is 6.20 Å². The summed E-state index contributed by atoms with van der Waals surface area (Å²) in [5.41, 5.74) is 2.26. The lowest BCUT2D eigenvalue weighted by Gasteiger charge is -2.17. The van der Waals surface area contributed by atoms with Crippen LogP contribution in [0.2, 0.25) is 0 Å². The van der Waals surface area contributed by atoms with E-state index in [2.05, 4.69) is 27.9 Å². The molecule has 1 fully saturated rings. The second-order valence-corrected chi connectivity index (χ2v) is 5.35. The van der Waals surface area contributed by atoms with E-state index in [9.17, 15) is 4.79 Å². The molecule has 0 radical (unpaired) electrons. The summed E-state index contributed by atoms with van der Waals surface area (Å²) in [6.45, 7) is 1.54. The van der Waals surface area contributed by atoms with Gasteiger partial charge in [-0.05, 0) is 30.5 Å². The lowest BCUT2D eigenvalue weighted by molar-refractivity contribution is -0.121. The smallest absolute Gasteiger partial charge is 0.221 e. The molecule has 1 aromatic heterocycles. The topological polar surface area (TPSA) is 59.0 Å². The summed E-state index contributed by atoms with van der Waals surface area (Å²) in [5, 5.41) is 10.7. The molecule has 2 aromatic rings. The maximum absolute atomic E-state index is 11.6. The summed E-state index contributed by atoms with van der Waals surface area (Å²) in [5.74, 6) is 0.144. The van der Waals surface area contributed by atoms with Crippen molar-refractivity contribution in [3.8, 4) is 5.69 Å². The molecule has 1 amide bonds. The first-order valence-corrected chi connectivity index (χ1v) is 7.41. The largest absolute Gasteiger partial charge is 0.356 e. The second-order valence-electron chi connectivity index (χ2n) is 5.35. The zero-order valence-corrected chi connectivity index (χ0v) is 12.0. The van der Waals surface area contributed by atoms with Gasteiger partial charge in [0, 0.05) is 37.9 Å². The van der Waals surface area contributed by atoms with Crippen LogP contribution in [0.3, 0.4) is 0 Å². The Morgan fingerprint density at radius 2 is 2.24 bits per heavy atom. The maximum atomic E-state index is 11.6. The number of nitrogens with zero attached hydrogens (tertiary/aromatic N) is 2. The number of hydrogen-bond acceptors (Lipinski definition) is 3. The van der Waals surface area contributed by atoms with E-state index in [-0.39, 0.29) is 11.9 Å². The van der Waals surface area contributed by atoms with Crippen molar-refractivity contribution in [2.45, 2.75) is 31.8 Å². The van der Waals surface area contributed by atoms with Crippen LogP contribution < -0.4 is 10.6 Å². The molecule has 5 heteroatoms. The Morgan fingerprint density at radius 3 is 3.10 bits per heavy atom. The highest BCUT2D eigenvalue weighted by Crippen LogP contribution is 2.14. The van der Waals surface area contributed by atoms with E-state index in [0.29, 0.717) is 6.42 Å². The normalized spacial score (nSPS) is 19.0. The van der Waals surface area contributed by atoms with Crippen LogP contribution in [0.25, 0.3) is 5.69 Å². The Hall–Kier alpha value is -2.14. The van der Waals surface area contributed by atoms with Crippen LogP contribution in [0.4, 0.5) is 0 Å². The van der Waals surface area contributed by atoms with Gasteiger partial charge in [0.05, 0.1) is 5.69 Å². The van der Waals surface area contributed by atoms with E-state index in [1.807, 2.05) is 29.1 Å². The minimum atomic E-state index is 0.144. The first-order valence-electron chi connectivity index (χ1n) is 7.41. The van der Waals surface area contributed by atoms with Gasteiger partial charge in [0.2, 0.25) is 5.91 Å². The van der Waals surface area contributed by atoms with Crippen LogP contribution in [0.1, 0.15) is 24.8 Å². The Kier molecular flexibility index (Phi) is 4.31. The van der Waals surface area contributed by atoms with Gasteiger partial charge < -0.3 is 10.6 Å². The predicted octanol–water partition coefficient (Wildman–Crippen LogP) is 1.63. The number of para-hydroxylation sites is 1. The Morgan fingerprint density at radius 1 is 1.33 bits per heavy atom. The van der Waals surface area contributed by atoms with Gasteiger partial charge in [-0.2, -0.15) is 5.10 Å². The Bertz CT molecular complexity index is 594. The Balaban J connectivity index is 1.69. The van der Waals surface area contributed by atoms with Crippen LogP contribution in [0.5, 0.6) is 0 Å². The number of benzene rings is 1. The molecule has 2 heterocycles. The van der Waals surface area contributed by atoms with E-state index in [4.69, 9.17) is 0 Å². The van der Waals surface area contributed by atoms with Crippen molar-refractivity contribution >= 4 is 5.91 Å². The summed E-state index contributed by atoms with van der Waals surface area (Å²) < 4.78 is 1.87. The van der Waals surface area contributed by atoms with Gasteiger partial charge in [-0.1, -0.05) is 18.2 Å². The summed E-state index contributed by atoms with van der Waals surface area (Å²) in [7, 11) is 0. The quantitative estimate of drug-likeness (QED) is 0.897. The number of carbonyl (C=O) groups excluding carboxylic acids is 1. The van der Waals surface area contributed by atoms with Gasteiger partial charge in [-0.3, -0.25) is 4.79 Å². The first-order chi connectivity index (χ1) is 10.3. The molecule has 1 aromatic carbocycles. The van der Waals surface area contributed by atoms with Crippen LogP contribution in [0, 0.1) is 0 Å². The molecule has 0 aliphatic carbocycles. The van der Waals surface area contributed by atoms with Crippen molar-refractivity contribution in [3.63, 3.8) is 0 Å². The minimum absolute atomic E-state index is 0.144. The molecule has 0 spiro atoms. The fourth-order valence-corrected chi connectivity index (χ4v) is 2.70. The van der Waals surface area contributed by atoms with Gasteiger partial charge in [0.1, 0.15) is 0 Å². The summed E-state index contributed by atoms with van der Waals surface area (Å²) in [6.07, 6.45) is 6.34. The maximum Gasteiger partial charge on any atom is 0.221 e. The summed E-state index contributed by atoms with van der Waals surface area (Å²) in [6, 6.07) is 10.4. The molecule has 1 atom stereocenters. The number of amides is 1. The van der Waals surface area contributed by atoms with Crippen molar-refractivity contribution in [2.75, 3.05) is 6.54 Å². The zero-order chi connectivity index (χ0) is 14.5. The molecule has 1 unspecified atom stereocenters. The van der Waals surface area contributed by atoms with Crippen molar-refractivity contribution in [3.05, 3.63) is 48.3 Å². The van der Waals surface area contributed by atoms with Crippen molar-refractivity contribution < 1.29 is 4.79 Å². The average molecular weight is 284 g/mol. The van der Waals surface area contributed by atoms with Gasteiger partial charge in [-0.15, -0.1) is 0 Å². The third-order valence-corrected chi connectivity index (χ3v) is 3.81. The molecule has 5 nitrogen and oxygen atoms in total. The molecule has 2 N–H and O–H groups in total. The third-order valence-electron chi connectivity index (χ3n) is 3.81. The molecular weight excluding hydrogens is 264 g/mol. The second kappa shape index (κ2) is 6.54. The highest BCUT2D eigenvalue weighted by Gasteiger charge is 2.17. The van der Waals surface area contributed by atoms with Gasteiger partial charge in [0.15, 0.2) is 0 Å². The molecule has 0 bridgehead atoms. The molecule has 110 valence electrons. The molecule has 3 rings (SSSR count). The van der Waals surface area contributed by atoms with Gasteiger partial charge in [-0.25, -0.2) is 4.68 Å². The average Bonchev–Trinajstić information content (AvgIpc) is 2.95. The molecule has 0 saturated carbocycles. The van der Waals surface area contributed by atoms with Gasteiger partial charge >= 0.3 is 0 Å². The SMILES string of the molecule is O=C1CC(NCc2ccccc2-n2cccn2)CCCN1. The molecular formula is C16H20N4O. The van der Waals surface area contributed by atoms with Crippen molar-refractivity contribution in [1.82, 2.24) is 20.4 Å². The van der Waals surface area contributed by atoms with Crippen LogP contribution in [-0.4, -0.2) is 28.3 Å². The van der Waals surface area contributed by atoms with E-state index < -0.39 is 0 Å². The fourth-order valence-electron chi connectivity index (χ4n) is 2.70. The first kappa shape index (κ1) is 13.8. The predicted molar refractivity (Wildman–Crippen MR) is 81.1 cm³/mol. The van der Waals surface area contributed by atoms with E-state index in [1.165, 1.54) is 5.56 Å². The molecule has 1 aliphatic rings. The number of hydrogen-bond donors (Lipinski definition) is 2. The van der Waals surface area contributed by atoms with Crippen LogP contribution >= 0.6 is 0 Å². The molecule has 21 heavy (non-hydrogen) atoms. The van der Waals surface area contributed by atoms with E-state index >= 15 is 0 Å². The standard InChI is InChI=1S/C16H20N4O/c21-16-11-14(6-3-8-17-16)18-12-13-5-1-2-7-15(13)20-10-4-9-19-20/h1-2,4-5,7,9-10,14,18H,3,6,8,11-12H2,(H,17,21). The van der Waals surface area contributed by atoms with Gasteiger partial charge in [0.25, 0.3) is 0 Å². The molecule has 1 aliphatic heterocycles. The highest BCUT2D eigenvalue weighted by atomic mass is 16.1. The summed E-state index contributed by atoms with van der Waals surface area (Å²) in [4.78, 5) is 11.6. The third kappa shape index (κ3) is 3.49. The lowest BCUT2D eigenvalue weighted by Crippen LogP contribution is -2.32. The number of aromatic nitrogens is 2. The molecule has 1 saturated heterocycles. The zero-order valence-electron chi connectivity index (χ0n) is 12.0. The Labute approximate surface area is 124 Å².